The van der Waals surface area contributed by atoms with Crippen LogP contribution in [-0.4, -0.2) is 12.1 Å². The van der Waals surface area contributed by atoms with Gasteiger partial charge in [-0.25, -0.2) is 0 Å². The van der Waals surface area contributed by atoms with Crippen LogP contribution in [0.4, 0.5) is 0 Å². The lowest BCUT2D eigenvalue weighted by Crippen LogP contribution is -2.12. The summed E-state index contributed by atoms with van der Waals surface area (Å²) >= 11 is 6.04. The second-order valence-corrected chi connectivity index (χ2v) is 5.59. The molecule has 0 aliphatic heterocycles. The first-order valence-corrected chi connectivity index (χ1v) is 7.58. The van der Waals surface area contributed by atoms with Crippen LogP contribution in [0.5, 0.6) is 5.75 Å². The second-order valence-electron chi connectivity index (χ2n) is 5.15. The molecule has 5 heteroatoms. The number of hydrogen-bond acceptors (Lipinski definition) is 3. The van der Waals surface area contributed by atoms with Gasteiger partial charge in [0, 0.05) is 21.8 Å². The van der Waals surface area contributed by atoms with Crippen LogP contribution in [0, 0.1) is 11.3 Å². The Morgan fingerprint density at radius 3 is 2.54 bits per heavy atom. The number of H-pyrrole nitrogens is 1. The monoisotopic (exact) mass is 336 g/mol. The van der Waals surface area contributed by atoms with E-state index in [0.717, 1.165) is 5.56 Å². The van der Waals surface area contributed by atoms with Gasteiger partial charge >= 0.3 is 0 Å². The molecule has 3 rings (SSSR count). The molecule has 24 heavy (non-hydrogen) atoms. The highest BCUT2D eigenvalue weighted by Crippen LogP contribution is 2.29. The number of aromatic nitrogens is 1. The molecule has 4 nitrogen and oxygen atoms in total. The van der Waals surface area contributed by atoms with E-state index in [1.165, 1.54) is 0 Å². The van der Waals surface area contributed by atoms with Crippen LogP contribution in [0.25, 0.3) is 22.4 Å². The summed E-state index contributed by atoms with van der Waals surface area (Å²) in [5.74, 6) is 0.682. The highest BCUT2D eigenvalue weighted by atomic mass is 35.5. The van der Waals surface area contributed by atoms with Crippen molar-refractivity contribution < 1.29 is 4.74 Å². The zero-order valence-electron chi connectivity index (χ0n) is 12.8. The summed E-state index contributed by atoms with van der Waals surface area (Å²) in [6, 6.07) is 18.2. The molecule has 0 bridgehead atoms. The van der Waals surface area contributed by atoms with Gasteiger partial charge in [0.15, 0.2) is 0 Å². The third-order valence-electron chi connectivity index (χ3n) is 3.66. The largest absolute Gasteiger partial charge is 0.497 e. The molecule has 1 heterocycles. The van der Waals surface area contributed by atoms with Gasteiger partial charge in [0.25, 0.3) is 5.56 Å². The number of benzene rings is 2. The summed E-state index contributed by atoms with van der Waals surface area (Å²) in [7, 11) is 1.58. The number of nitriles is 1. The number of halogens is 1. The predicted molar refractivity (Wildman–Crippen MR) is 94.2 cm³/mol. The lowest BCUT2D eigenvalue weighted by Gasteiger charge is -2.09. The van der Waals surface area contributed by atoms with Gasteiger partial charge in [-0.1, -0.05) is 35.9 Å². The first-order valence-electron chi connectivity index (χ1n) is 7.20. The van der Waals surface area contributed by atoms with E-state index >= 15 is 0 Å². The van der Waals surface area contributed by atoms with E-state index in [1.54, 1.807) is 31.4 Å². The molecule has 3 aromatic rings. The SMILES string of the molecule is COc1cccc(-c2cc(-c3cccc(Cl)c3)c(C#N)c(=O)[nH]2)c1. The van der Waals surface area contributed by atoms with Gasteiger partial charge in [-0.15, -0.1) is 0 Å². The first kappa shape index (κ1) is 15.9. The Kier molecular flexibility index (Phi) is 4.37. The molecule has 0 fully saturated rings. The van der Waals surface area contributed by atoms with E-state index < -0.39 is 5.56 Å². The maximum absolute atomic E-state index is 12.3. The highest BCUT2D eigenvalue weighted by molar-refractivity contribution is 6.30. The van der Waals surface area contributed by atoms with Crippen LogP contribution >= 0.6 is 11.6 Å². The van der Waals surface area contributed by atoms with Crippen molar-refractivity contribution in [1.82, 2.24) is 4.98 Å². The Hall–Kier alpha value is -3.03. The Morgan fingerprint density at radius 2 is 1.83 bits per heavy atom. The summed E-state index contributed by atoms with van der Waals surface area (Å²) in [5, 5.41) is 9.89. The molecule has 0 saturated carbocycles. The number of hydrogen-bond donors (Lipinski definition) is 1. The number of aromatic amines is 1. The quantitative estimate of drug-likeness (QED) is 0.777. The van der Waals surface area contributed by atoms with E-state index in [9.17, 15) is 10.1 Å². The van der Waals surface area contributed by atoms with Gasteiger partial charge in [-0.05, 0) is 35.9 Å². The maximum atomic E-state index is 12.3. The Morgan fingerprint density at radius 1 is 1.08 bits per heavy atom. The lowest BCUT2D eigenvalue weighted by molar-refractivity contribution is 0.415. The van der Waals surface area contributed by atoms with E-state index in [0.29, 0.717) is 27.6 Å². The van der Waals surface area contributed by atoms with Crippen molar-refractivity contribution in [2.45, 2.75) is 0 Å². The van der Waals surface area contributed by atoms with Crippen LogP contribution in [0.3, 0.4) is 0 Å². The molecule has 0 radical (unpaired) electrons. The van der Waals surface area contributed by atoms with Crippen molar-refractivity contribution in [3.63, 3.8) is 0 Å². The van der Waals surface area contributed by atoms with Gasteiger partial charge in [0.1, 0.15) is 17.4 Å². The zero-order valence-corrected chi connectivity index (χ0v) is 13.6. The van der Waals surface area contributed by atoms with Crippen LogP contribution in [0.1, 0.15) is 5.56 Å². The summed E-state index contributed by atoms with van der Waals surface area (Å²) in [4.78, 5) is 15.1. The van der Waals surface area contributed by atoms with Crippen LogP contribution in [-0.2, 0) is 0 Å². The third kappa shape index (κ3) is 3.03. The summed E-state index contributed by atoms with van der Waals surface area (Å²) in [6.45, 7) is 0. The standard InChI is InChI=1S/C19H13ClN2O2/c1-24-15-7-3-5-13(9-15)18-10-16(17(11-21)19(23)22-18)12-4-2-6-14(20)8-12/h2-10H,1H3,(H,22,23). The lowest BCUT2D eigenvalue weighted by atomic mass is 9.99. The zero-order chi connectivity index (χ0) is 17.1. The molecular weight excluding hydrogens is 324 g/mol. The smallest absolute Gasteiger partial charge is 0.266 e. The van der Waals surface area contributed by atoms with Gasteiger partial charge in [-0.3, -0.25) is 4.79 Å². The van der Waals surface area contributed by atoms with E-state index in [4.69, 9.17) is 16.3 Å². The van der Waals surface area contributed by atoms with Gasteiger partial charge in [0.2, 0.25) is 0 Å². The molecule has 0 unspecified atom stereocenters. The van der Waals surface area contributed by atoms with Crippen LogP contribution in [0.15, 0.2) is 59.4 Å². The molecule has 0 spiro atoms. The molecule has 0 amide bonds. The van der Waals surface area contributed by atoms with Crippen LogP contribution in [0.2, 0.25) is 5.02 Å². The molecule has 0 aliphatic rings. The fraction of sp³-hybridized carbons (Fsp3) is 0.0526. The van der Waals surface area contributed by atoms with Crippen molar-refractivity contribution in [3.8, 4) is 34.2 Å². The fourth-order valence-electron chi connectivity index (χ4n) is 2.50. The van der Waals surface area contributed by atoms with Crippen molar-refractivity contribution in [2.75, 3.05) is 7.11 Å². The Balaban J connectivity index is 2.24. The maximum Gasteiger partial charge on any atom is 0.266 e. The Bertz CT molecular complexity index is 1000. The molecule has 1 N–H and O–H groups in total. The Labute approximate surface area is 143 Å². The van der Waals surface area contributed by atoms with Gasteiger partial charge in [-0.2, -0.15) is 5.26 Å². The second kappa shape index (κ2) is 6.61. The molecule has 118 valence electrons. The molecule has 1 aromatic heterocycles. The number of nitrogens with zero attached hydrogens (tertiary/aromatic N) is 1. The van der Waals surface area contributed by atoms with Crippen LogP contribution < -0.4 is 10.3 Å². The van der Waals surface area contributed by atoms with E-state index in [2.05, 4.69) is 4.98 Å². The minimum absolute atomic E-state index is 0.0592. The summed E-state index contributed by atoms with van der Waals surface area (Å²) in [5.41, 5.74) is 2.28. The number of ether oxygens (including phenoxy) is 1. The van der Waals surface area contributed by atoms with Crippen molar-refractivity contribution in [3.05, 3.63) is 75.5 Å². The molecule has 0 saturated heterocycles. The highest BCUT2D eigenvalue weighted by Gasteiger charge is 2.13. The number of rotatable bonds is 3. The van der Waals surface area contributed by atoms with Gasteiger partial charge < -0.3 is 9.72 Å². The average Bonchev–Trinajstić information content (AvgIpc) is 2.61. The number of pyridine rings is 1. The molecule has 0 atom stereocenters. The number of methoxy groups -OCH3 is 1. The predicted octanol–water partition coefficient (Wildman–Crippen LogP) is 4.24. The summed E-state index contributed by atoms with van der Waals surface area (Å²) < 4.78 is 5.22. The average molecular weight is 337 g/mol. The van der Waals surface area contributed by atoms with Crippen molar-refractivity contribution in [2.24, 2.45) is 0 Å². The van der Waals surface area contributed by atoms with Crippen molar-refractivity contribution in [1.29, 1.82) is 5.26 Å². The van der Waals surface area contributed by atoms with E-state index in [1.807, 2.05) is 36.4 Å². The number of nitrogens with one attached hydrogen (secondary N) is 1. The first-order chi connectivity index (χ1) is 11.6. The van der Waals surface area contributed by atoms with Crippen molar-refractivity contribution >= 4 is 11.6 Å². The minimum atomic E-state index is -0.437. The normalized spacial score (nSPS) is 10.2. The molecule has 2 aromatic carbocycles. The molecule has 0 aliphatic carbocycles. The minimum Gasteiger partial charge on any atom is -0.497 e. The van der Waals surface area contributed by atoms with E-state index in [-0.39, 0.29) is 5.56 Å². The topological polar surface area (TPSA) is 65.9 Å². The third-order valence-corrected chi connectivity index (χ3v) is 3.90. The molecular formula is C19H13ClN2O2. The fourth-order valence-corrected chi connectivity index (χ4v) is 2.69. The summed E-state index contributed by atoms with van der Waals surface area (Å²) in [6.07, 6.45) is 0. The van der Waals surface area contributed by atoms with Gasteiger partial charge in [0.05, 0.1) is 7.11 Å².